The number of halogens is 1. The zero-order valence-corrected chi connectivity index (χ0v) is 14.8. The Hall–Kier alpha value is -3.80. The van der Waals surface area contributed by atoms with Gasteiger partial charge in [-0.2, -0.15) is 9.78 Å². The second-order valence-corrected chi connectivity index (χ2v) is 6.26. The Bertz CT molecular complexity index is 1200. The Morgan fingerprint density at radius 1 is 0.893 bits per heavy atom. The first-order valence-corrected chi connectivity index (χ1v) is 8.73. The van der Waals surface area contributed by atoms with E-state index in [9.17, 15) is 14.0 Å². The Labute approximate surface area is 160 Å². The van der Waals surface area contributed by atoms with Crippen LogP contribution in [0.3, 0.4) is 0 Å². The Balaban J connectivity index is 1.75. The van der Waals surface area contributed by atoms with Gasteiger partial charge in [0.05, 0.1) is 11.1 Å². The summed E-state index contributed by atoms with van der Waals surface area (Å²) in [6.45, 7) is 0.222. The molecule has 0 aliphatic carbocycles. The van der Waals surface area contributed by atoms with Crippen molar-refractivity contribution in [2.24, 2.45) is 0 Å². The van der Waals surface area contributed by atoms with Gasteiger partial charge in [0, 0.05) is 11.9 Å². The van der Waals surface area contributed by atoms with Gasteiger partial charge < -0.3 is 5.32 Å². The lowest BCUT2D eigenvalue weighted by Gasteiger charge is -2.11. The van der Waals surface area contributed by atoms with Crippen LogP contribution in [0.15, 0.2) is 83.7 Å². The first-order chi connectivity index (χ1) is 13.6. The molecule has 6 heteroatoms. The highest BCUT2D eigenvalue weighted by atomic mass is 19.1. The van der Waals surface area contributed by atoms with Crippen LogP contribution < -0.4 is 10.9 Å². The molecule has 3 aromatic carbocycles. The molecule has 0 atom stereocenters. The predicted octanol–water partition coefficient (Wildman–Crippen LogP) is 3.45. The number of carbonyl (C=O) groups excluding carboxylic acids is 1. The van der Waals surface area contributed by atoms with Gasteiger partial charge in [-0.05, 0) is 35.9 Å². The van der Waals surface area contributed by atoms with Gasteiger partial charge >= 0.3 is 0 Å². The second kappa shape index (κ2) is 7.44. The normalized spacial score (nSPS) is 10.8. The molecule has 0 radical (unpaired) electrons. The molecule has 0 bridgehead atoms. The maximum absolute atomic E-state index is 13.0. The largest absolute Gasteiger partial charge is 0.347 e. The Morgan fingerprint density at radius 2 is 1.54 bits per heavy atom. The molecule has 0 aliphatic rings. The number of rotatable bonds is 4. The number of benzene rings is 3. The quantitative estimate of drug-likeness (QED) is 0.596. The number of hydrogen-bond acceptors (Lipinski definition) is 3. The highest BCUT2D eigenvalue weighted by Gasteiger charge is 2.17. The molecular formula is C22H16FN3O2. The summed E-state index contributed by atoms with van der Waals surface area (Å²) in [7, 11) is 0. The van der Waals surface area contributed by atoms with Crippen molar-refractivity contribution in [3.8, 4) is 5.69 Å². The van der Waals surface area contributed by atoms with E-state index in [4.69, 9.17) is 0 Å². The molecule has 0 aliphatic heterocycles. The SMILES string of the molecule is O=C(NCc1ccc(F)cc1)c1nn(-c2ccccc2)c(=O)c2ccccc12. The monoisotopic (exact) mass is 373 g/mol. The zero-order chi connectivity index (χ0) is 19.5. The number of hydrogen-bond donors (Lipinski definition) is 1. The maximum Gasteiger partial charge on any atom is 0.279 e. The smallest absolute Gasteiger partial charge is 0.279 e. The van der Waals surface area contributed by atoms with Crippen molar-refractivity contribution in [3.63, 3.8) is 0 Å². The molecule has 138 valence electrons. The molecule has 1 heterocycles. The summed E-state index contributed by atoms with van der Waals surface area (Å²) in [4.78, 5) is 25.7. The number of nitrogens with zero attached hydrogens (tertiary/aromatic N) is 2. The van der Waals surface area contributed by atoms with Gasteiger partial charge in [-0.1, -0.05) is 48.5 Å². The lowest BCUT2D eigenvalue weighted by molar-refractivity contribution is 0.0946. The summed E-state index contributed by atoms with van der Waals surface area (Å²) in [6.07, 6.45) is 0. The van der Waals surface area contributed by atoms with Crippen molar-refractivity contribution in [1.82, 2.24) is 15.1 Å². The molecule has 0 spiro atoms. The summed E-state index contributed by atoms with van der Waals surface area (Å²) < 4.78 is 14.3. The van der Waals surface area contributed by atoms with Crippen LogP contribution in [0.2, 0.25) is 0 Å². The Kier molecular flexibility index (Phi) is 4.68. The molecular weight excluding hydrogens is 357 g/mol. The highest BCUT2D eigenvalue weighted by Crippen LogP contribution is 2.15. The van der Waals surface area contributed by atoms with E-state index in [1.54, 1.807) is 60.7 Å². The third kappa shape index (κ3) is 3.40. The lowest BCUT2D eigenvalue weighted by Crippen LogP contribution is -2.29. The fraction of sp³-hybridized carbons (Fsp3) is 0.0455. The van der Waals surface area contributed by atoms with Crippen LogP contribution in [0.25, 0.3) is 16.5 Å². The van der Waals surface area contributed by atoms with Gasteiger partial charge in [0.15, 0.2) is 5.69 Å². The van der Waals surface area contributed by atoms with Gasteiger partial charge in [0.2, 0.25) is 0 Å². The maximum atomic E-state index is 13.0. The van der Waals surface area contributed by atoms with Crippen LogP contribution in [0, 0.1) is 5.82 Å². The third-order valence-corrected chi connectivity index (χ3v) is 4.39. The van der Waals surface area contributed by atoms with Gasteiger partial charge in [-0.25, -0.2) is 4.39 Å². The molecule has 1 aromatic heterocycles. The first kappa shape index (κ1) is 17.6. The highest BCUT2D eigenvalue weighted by molar-refractivity contribution is 6.04. The minimum Gasteiger partial charge on any atom is -0.347 e. The van der Waals surface area contributed by atoms with Gasteiger partial charge in [0.1, 0.15) is 5.82 Å². The molecule has 1 amide bonds. The van der Waals surface area contributed by atoms with Gasteiger partial charge in [-0.3, -0.25) is 9.59 Å². The molecule has 28 heavy (non-hydrogen) atoms. The molecule has 0 saturated carbocycles. The fourth-order valence-electron chi connectivity index (χ4n) is 2.97. The summed E-state index contributed by atoms with van der Waals surface area (Å²) in [5, 5.41) is 8.01. The topological polar surface area (TPSA) is 64.0 Å². The number of aromatic nitrogens is 2. The predicted molar refractivity (Wildman–Crippen MR) is 105 cm³/mol. The van der Waals surface area contributed by atoms with Crippen LogP contribution in [-0.2, 0) is 6.54 Å². The van der Waals surface area contributed by atoms with Crippen LogP contribution in [0.4, 0.5) is 4.39 Å². The van der Waals surface area contributed by atoms with Crippen molar-refractivity contribution in [3.05, 3.63) is 106 Å². The van der Waals surface area contributed by atoms with E-state index in [1.807, 2.05) is 6.07 Å². The average Bonchev–Trinajstić information content (AvgIpc) is 2.74. The first-order valence-electron chi connectivity index (χ1n) is 8.73. The average molecular weight is 373 g/mol. The van der Waals surface area contributed by atoms with Crippen LogP contribution >= 0.6 is 0 Å². The van der Waals surface area contributed by atoms with Crippen molar-refractivity contribution in [1.29, 1.82) is 0 Å². The third-order valence-electron chi connectivity index (χ3n) is 4.39. The fourth-order valence-corrected chi connectivity index (χ4v) is 2.97. The zero-order valence-electron chi connectivity index (χ0n) is 14.8. The number of amides is 1. The van der Waals surface area contributed by atoms with E-state index in [2.05, 4.69) is 10.4 Å². The standard InChI is InChI=1S/C22H16FN3O2/c23-16-12-10-15(11-13-16)14-24-21(27)20-18-8-4-5-9-19(18)22(28)26(25-20)17-6-2-1-3-7-17/h1-13H,14H2,(H,24,27). The minimum atomic E-state index is -0.412. The molecule has 5 nitrogen and oxygen atoms in total. The number of carbonyl (C=O) groups is 1. The van der Waals surface area contributed by atoms with E-state index < -0.39 is 5.91 Å². The van der Waals surface area contributed by atoms with E-state index in [-0.39, 0.29) is 23.6 Å². The van der Waals surface area contributed by atoms with E-state index >= 15 is 0 Å². The van der Waals surface area contributed by atoms with E-state index in [1.165, 1.54) is 16.8 Å². The Morgan fingerprint density at radius 3 is 2.25 bits per heavy atom. The summed E-state index contributed by atoms with van der Waals surface area (Å²) in [6, 6.07) is 21.7. The molecule has 4 aromatic rings. The molecule has 0 fully saturated rings. The van der Waals surface area contributed by atoms with Gasteiger partial charge in [-0.15, -0.1) is 0 Å². The van der Waals surface area contributed by atoms with E-state index in [0.717, 1.165) is 5.56 Å². The number of fused-ring (bicyclic) bond motifs is 1. The lowest BCUT2D eigenvalue weighted by atomic mass is 10.1. The number of nitrogens with one attached hydrogen (secondary N) is 1. The van der Waals surface area contributed by atoms with Crippen molar-refractivity contribution >= 4 is 16.7 Å². The molecule has 1 N–H and O–H groups in total. The molecule has 4 rings (SSSR count). The summed E-state index contributed by atoms with van der Waals surface area (Å²) >= 11 is 0. The van der Waals surface area contributed by atoms with Crippen molar-refractivity contribution in [2.45, 2.75) is 6.54 Å². The van der Waals surface area contributed by atoms with Crippen molar-refractivity contribution in [2.75, 3.05) is 0 Å². The molecule has 0 unspecified atom stereocenters. The summed E-state index contributed by atoms with van der Waals surface area (Å²) in [5.74, 6) is -0.747. The molecule has 0 saturated heterocycles. The summed E-state index contributed by atoms with van der Waals surface area (Å²) in [5.41, 5.74) is 1.19. The van der Waals surface area contributed by atoms with Crippen LogP contribution in [0.1, 0.15) is 16.1 Å². The number of para-hydroxylation sites is 1. The minimum absolute atomic E-state index is 0.154. The van der Waals surface area contributed by atoms with Crippen LogP contribution in [-0.4, -0.2) is 15.7 Å². The van der Waals surface area contributed by atoms with E-state index in [0.29, 0.717) is 16.5 Å². The van der Waals surface area contributed by atoms with Crippen molar-refractivity contribution < 1.29 is 9.18 Å². The second-order valence-electron chi connectivity index (χ2n) is 6.26. The van der Waals surface area contributed by atoms with Gasteiger partial charge in [0.25, 0.3) is 11.5 Å². The van der Waals surface area contributed by atoms with Crippen LogP contribution in [0.5, 0.6) is 0 Å².